The summed E-state index contributed by atoms with van der Waals surface area (Å²) in [5.74, 6) is 0.130. The van der Waals surface area contributed by atoms with Crippen LogP contribution in [0.5, 0.6) is 0 Å². The molecule has 0 bridgehead atoms. The Kier molecular flexibility index (Phi) is 5.36. The van der Waals surface area contributed by atoms with Gasteiger partial charge < -0.3 is 10.2 Å². The molecule has 0 spiro atoms. The van der Waals surface area contributed by atoms with Gasteiger partial charge in [0.2, 0.25) is 11.8 Å². The van der Waals surface area contributed by atoms with E-state index in [0.717, 1.165) is 5.69 Å². The maximum Gasteiger partial charge on any atom is 0.326 e. The van der Waals surface area contributed by atoms with Crippen molar-refractivity contribution in [1.82, 2.24) is 9.80 Å². The van der Waals surface area contributed by atoms with Crippen molar-refractivity contribution in [2.24, 2.45) is 0 Å². The van der Waals surface area contributed by atoms with E-state index in [-0.39, 0.29) is 37.4 Å². The molecule has 1 N–H and O–H groups in total. The Hall–Kier alpha value is -2.37. The highest BCUT2D eigenvalue weighted by atomic mass is 16.2. The first kappa shape index (κ1) is 17.0. The summed E-state index contributed by atoms with van der Waals surface area (Å²) < 4.78 is 0. The van der Waals surface area contributed by atoms with E-state index >= 15 is 0 Å². The number of carbonyl (C=O) groups excluding carboxylic acids is 3. The van der Waals surface area contributed by atoms with Crippen molar-refractivity contribution in [3.05, 3.63) is 29.8 Å². The molecule has 0 saturated carbocycles. The predicted octanol–water partition coefficient (Wildman–Crippen LogP) is 2.42. The number of amides is 4. The summed E-state index contributed by atoms with van der Waals surface area (Å²) in [5.41, 5.74) is 1.98. The summed E-state index contributed by atoms with van der Waals surface area (Å²) in [6, 6.07) is 7.47. The molecule has 2 rings (SSSR count). The Morgan fingerprint density at radius 3 is 2.39 bits per heavy atom. The van der Waals surface area contributed by atoms with Gasteiger partial charge in [-0.05, 0) is 30.0 Å². The maximum atomic E-state index is 11.9. The van der Waals surface area contributed by atoms with Crippen LogP contribution in [0.25, 0.3) is 0 Å². The van der Waals surface area contributed by atoms with Gasteiger partial charge in [-0.1, -0.05) is 26.0 Å². The average molecular weight is 317 g/mol. The molecule has 0 unspecified atom stereocenters. The first-order chi connectivity index (χ1) is 10.9. The quantitative estimate of drug-likeness (QED) is 0.819. The van der Waals surface area contributed by atoms with E-state index < -0.39 is 0 Å². The zero-order valence-corrected chi connectivity index (χ0v) is 13.8. The molecule has 0 atom stereocenters. The van der Waals surface area contributed by atoms with Crippen LogP contribution in [0.2, 0.25) is 0 Å². The number of likely N-dealkylation sites (N-methyl/N-ethyl adjacent to an activating group) is 1. The number of nitrogens with one attached hydrogen (secondary N) is 1. The Morgan fingerprint density at radius 2 is 1.87 bits per heavy atom. The van der Waals surface area contributed by atoms with Crippen molar-refractivity contribution in [2.45, 2.75) is 32.6 Å². The Balaban J connectivity index is 1.77. The molecule has 0 aromatic heterocycles. The van der Waals surface area contributed by atoms with Gasteiger partial charge >= 0.3 is 6.03 Å². The maximum absolute atomic E-state index is 11.9. The second-order valence-electron chi connectivity index (χ2n) is 6.11. The normalized spacial score (nSPS) is 14.8. The molecular formula is C17H23N3O3. The van der Waals surface area contributed by atoms with Crippen molar-refractivity contribution in [3.63, 3.8) is 0 Å². The molecule has 6 heteroatoms. The van der Waals surface area contributed by atoms with E-state index in [9.17, 15) is 14.4 Å². The van der Waals surface area contributed by atoms with Crippen LogP contribution in [-0.4, -0.2) is 47.8 Å². The number of carbonyl (C=O) groups is 3. The SMILES string of the molecule is CC(C)c1ccc(NC(=O)CCCN2C(=O)CN(C)C2=O)cc1. The lowest BCUT2D eigenvalue weighted by Crippen LogP contribution is -2.32. The van der Waals surface area contributed by atoms with E-state index in [2.05, 4.69) is 19.2 Å². The van der Waals surface area contributed by atoms with E-state index in [0.29, 0.717) is 12.3 Å². The van der Waals surface area contributed by atoms with Crippen molar-refractivity contribution in [1.29, 1.82) is 0 Å². The van der Waals surface area contributed by atoms with Gasteiger partial charge in [0, 0.05) is 25.7 Å². The molecule has 23 heavy (non-hydrogen) atoms. The van der Waals surface area contributed by atoms with Gasteiger partial charge in [0.05, 0.1) is 0 Å². The van der Waals surface area contributed by atoms with Crippen molar-refractivity contribution in [2.75, 3.05) is 25.5 Å². The topological polar surface area (TPSA) is 69.7 Å². The third-order valence-corrected chi connectivity index (χ3v) is 3.88. The summed E-state index contributed by atoms with van der Waals surface area (Å²) >= 11 is 0. The standard InChI is InChI=1S/C17H23N3O3/c1-12(2)13-6-8-14(9-7-13)18-15(21)5-4-10-20-16(22)11-19(3)17(20)23/h6-9,12H,4-5,10-11H2,1-3H3,(H,18,21). The highest BCUT2D eigenvalue weighted by Gasteiger charge is 2.32. The van der Waals surface area contributed by atoms with Gasteiger partial charge in [-0.15, -0.1) is 0 Å². The Morgan fingerprint density at radius 1 is 1.22 bits per heavy atom. The van der Waals surface area contributed by atoms with E-state index in [1.165, 1.54) is 15.4 Å². The number of hydrogen-bond donors (Lipinski definition) is 1. The molecule has 4 amide bonds. The molecular weight excluding hydrogens is 294 g/mol. The fourth-order valence-electron chi connectivity index (χ4n) is 2.46. The number of anilines is 1. The largest absolute Gasteiger partial charge is 0.326 e. The van der Waals surface area contributed by atoms with E-state index in [1.54, 1.807) is 7.05 Å². The number of imide groups is 1. The molecule has 1 aliphatic rings. The van der Waals surface area contributed by atoms with Crippen LogP contribution in [0.1, 0.15) is 38.2 Å². The average Bonchev–Trinajstić information content (AvgIpc) is 2.74. The first-order valence-electron chi connectivity index (χ1n) is 7.83. The minimum absolute atomic E-state index is 0.116. The Labute approximate surface area is 136 Å². The molecule has 0 radical (unpaired) electrons. The van der Waals surface area contributed by atoms with Crippen LogP contribution in [0.4, 0.5) is 10.5 Å². The third-order valence-electron chi connectivity index (χ3n) is 3.88. The van der Waals surface area contributed by atoms with Gasteiger partial charge in [-0.2, -0.15) is 0 Å². The predicted molar refractivity (Wildman–Crippen MR) is 88.1 cm³/mol. The number of benzene rings is 1. The summed E-state index contributed by atoms with van der Waals surface area (Å²) in [7, 11) is 1.59. The van der Waals surface area contributed by atoms with Crippen LogP contribution in [-0.2, 0) is 9.59 Å². The van der Waals surface area contributed by atoms with Crippen molar-refractivity contribution < 1.29 is 14.4 Å². The summed E-state index contributed by atoms with van der Waals surface area (Å²) in [6.07, 6.45) is 0.730. The van der Waals surface area contributed by atoms with Gasteiger partial charge in [-0.3, -0.25) is 14.5 Å². The number of urea groups is 1. The van der Waals surface area contributed by atoms with Crippen LogP contribution < -0.4 is 5.32 Å². The van der Waals surface area contributed by atoms with Crippen LogP contribution in [0.3, 0.4) is 0 Å². The molecule has 0 aliphatic carbocycles. The summed E-state index contributed by atoms with van der Waals surface area (Å²) in [6.45, 7) is 4.63. The van der Waals surface area contributed by atoms with E-state index in [4.69, 9.17) is 0 Å². The highest BCUT2D eigenvalue weighted by molar-refractivity contribution is 6.01. The van der Waals surface area contributed by atoms with Crippen LogP contribution in [0.15, 0.2) is 24.3 Å². The summed E-state index contributed by atoms with van der Waals surface area (Å²) in [4.78, 5) is 37.8. The van der Waals surface area contributed by atoms with Gasteiger partial charge in [0.25, 0.3) is 0 Å². The number of hydrogen-bond acceptors (Lipinski definition) is 3. The lowest BCUT2D eigenvalue weighted by molar-refractivity contribution is -0.125. The van der Waals surface area contributed by atoms with Crippen LogP contribution >= 0.6 is 0 Å². The molecule has 1 saturated heterocycles. The molecule has 1 fully saturated rings. The lowest BCUT2D eigenvalue weighted by Gasteiger charge is -2.13. The fraction of sp³-hybridized carbons (Fsp3) is 0.471. The minimum Gasteiger partial charge on any atom is -0.326 e. The highest BCUT2D eigenvalue weighted by Crippen LogP contribution is 2.17. The van der Waals surface area contributed by atoms with Crippen molar-refractivity contribution >= 4 is 23.5 Å². The third kappa shape index (κ3) is 4.31. The van der Waals surface area contributed by atoms with Gasteiger partial charge in [0.1, 0.15) is 6.54 Å². The second-order valence-corrected chi connectivity index (χ2v) is 6.11. The monoisotopic (exact) mass is 317 g/mol. The zero-order chi connectivity index (χ0) is 17.0. The number of rotatable bonds is 6. The smallest absolute Gasteiger partial charge is 0.326 e. The molecule has 6 nitrogen and oxygen atoms in total. The Bertz CT molecular complexity index is 596. The van der Waals surface area contributed by atoms with E-state index in [1.807, 2.05) is 24.3 Å². The van der Waals surface area contributed by atoms with Gasteiger partial charge in [0.15, 0.2) is 0 Å². The van der Waals surface area contributed by atoms with Crippen molar-refractivity contribution in [3.8, 4) is 0 Å². The summed E-state index contributed by atoms with van der Waals surface area (Å²) in [5, 5.41) is 2.83. The lowest BCUT2D eigenvalue weighted by atomic mass is 10.0. The molecule has 124 valence electrons. The number of nitrogens with zero attached hydrogens (tertiary/aromatic N) is 2. The molecule has 1 aromatic rings. The minimum atomic E-state index is -0.292. The molecule has 1 aliphatic heterocycles. The first-order valence-corrected chi connectivity index (χ1v) is 7.83. The fourth-order valence-corrected chi connectivity index (χ4v) is 2.46. The van der Waals surface area contributed by atoms with Gasteiger partial charge in [-0.25, -0.2) is 4.79 Å². The second kappa shape index (κ2) is 7.26. The zero-order valence-electron chi connectivity index (χ0n) is 13.8. The molecule has 1 aromatic carbocycles. The molecule has 1 heterocycles. The van der Waals surface area contributed by atoms with Crippen LogP contribution in [0, 0.1) is 0 Å².